The van der Waals surface area contributed by atoms with Gasteiger partial charge in [-0.2, -0.15) is 0 Å². The number of carbonyl (C=O) groups is 1. The van der Waals surface area contributed by atoms with Gasteiger partial charge in [0.15, 0.2) is 0 Å². The monoisotopic (exact) mass is 115 g/mol. The molecule has 0 aliphatic rings. The maximum Gasteiger partial charge on any atom is 0.330 e. The molecule has 0 bridgehead atoms. The lowest BCUT2D eigenvalue weighted by atomic mass is 10.2. The molecule has 0 aliphatic heterocycles. The second-order valence-corrected chi connectivity index (χ2v) is 1.26. The van der Waals surface area contributed by atoms with E-state index in [1.165, 1.54) is 0 Å². The van der Waals surface area contributed by atoms with Crippen LogP contribution in [0.15, 0.2) is 12.2 Å². The summed E-state index contributed by atoms with van der Waals surface area (Å²) in [6.45, 7) is 5.03. The Kier molecular flexibility index (Phi) is 5.60. The smallest absolute Gasteiger partial charge is 0.330 e. The molecular formula is C6H11O2. The highest BCUT2D eigenvalue weighted by atomic mass is 16.4. The number of rotatable bonds is 2. The Morgan fingerprint density at radius 1 is 1.75 bits per heavy atom. The van der Waals surface area contributed by atoms with Gasteiger partial charge in [-0.1, -0.05) is 20.9 Å². The van der Waals surface area contributed by atoms with E-state index in [2.05, 4.69) is 6.58 Å². The van der Waals surface area contributed by atoms with Crippen LogP contribution >= 0.6 is 0 Å². The maximum absolute atomic E-state index is 9.83. The molecule has 0 aliphatic carbocycles. The summed E-state index contributed by atoms with van der Waals surface area (Å²) in [6.07, 6.45) is 0.523. The lowest BCUT2D eigenvalue weighted by Gasteiger charge is -1.87. The average molecular weight is 115 g/mol. The van der Waals surface area contributed by atoms with E-state index in [0.29, 0.717) is 6.42 Å². The number of hydrogen-bond donors (Lipinski definition) is 1. The molecule has 0 fully saturated rings. The highest BCUT2D eigenvalue weighted by Crippen LogP contribution is 1.93. The van der Waals surface area contributed by atoms with Crippen LogP contribution in [0.25, 0.3) is 0 Å². The van der Waals surface area contributed by atoms with Gasteiger partial charge in [0.05, 0.1) is 0 Å². The van der Waals surface area contributed by atoms with E-state index in [0.717, 1.165) is 0 Å². The molecule has 47 valence electrons. The lowest BCUT2D eigenvalue weighted by molar-refractivity contribution is -0.132. The minimum Gasteiger partial charge on any atom is -0.478 e. The summed E-state index contributed by atoms with van der Waals surface area (Å²) in [4.78, 5) is 9.83. The normalized spacial score (nSPS) is 7.12. The first-order valence-electron chi connectivity index (χ1n) is 2.09. The third kappa shape index (κ3) is 3.40. The first-order valence-corrected chi connectivity index (χ1v) is 2.09. The van der Waals surface area contributed by atoms with Crippen LogP contribution in [-0.4, -0.2) is 11.1 Å². The van der Waals surface area contributed by atoms with Gasteiger partial charge in [-0.3, -0.25) is 0 Å². The Hall–Kier alpha value is -0.790. The van der Waals surface area contributed by atoms with Gasteiger partial charge in [0, 0.05) is 5.57 Å². The van der Waals surface area contributed by atoms with Crippen LogP contribution in [0.4, 0.5) is 0 Å². The van der Waals surface area contributed by atoms with Crippen molar-refractivity contribution >= 4 is 5.97 Å². The molecule has 2 nitrogen and oxygen atoms in total. The van der Waals surface area contributed by atoms with Crippen molar-refractivity contribution in [2.45, 2.75) is 13.3 Å². The van der Waals surface area contributed by atoms with E-state index >= 15 is 0 Å². The van der Waals surface area contributed by atoms with Crippen molar-refractivity contribution in [2.24, 2.45) is 0 Å². The zero-order chi connectivity index (χ0) is 5.86. The molecule has 1 radical (unpaired) electrons. The summed E-state index contributed by atoms with van der Waals surface area (Å²) < 4.78 is 0. The molecule has 0 heterocycles. The van der Waals surface area contributed by atoms with E-state index in [-0.39, 0.29) is 13.0 Å². The van der Waals surface area contributed by atoms with Gasteiger partial charge in [-0.25, -0.2) is 4.79 Å². The van der Waals surface area contributed by atoms with Crippen molar-refractivity contribution in [3.63, 3.8) is 0 Å². The molecule has 0 amide bonds. The Bertz CT molecular complexity index is 94.7. The summed E-state index contributed by atoms with van der Waals surface area (Å²) >= 11 is 0. The van der Waals surface area contributed by atoms with E-state index < -0.39 is 5.97 Å². The largest absolute Gasteiger partial charge is 0.478 e. The molecule has 2 heteroatoms. The van der Waals surface area contributed by atoms with E-state index in [9.17, 15) is 4.79 Å². The number of carboxylic acid groups (broad SMARTS) is 1. The minimum absolute atomic E-state index is 0. The van der Waals surface area contributed by atoms with E-state index in [1.54, 1.807) is 6.92 Å². The lowest BCUT2D eigenvalue weighted by Crippen LogP contribution is -1.95. The fourth-order valence-corrected chi connectivity index (χ4v) is 0.151. The first kappa shape index (κ1) is 10.2. The zero-order valence-corrected chi connectivity index (χ0v) is 5.27. The Morgan fingerprint density at radius 2 is 2.12 bits per heavy atom. The molecule has 0 aromatic heterocycles. The Balaban J connectivity index is 0. The van der Waals surface area contributed by atoms with E-state index in [1.807, 2.05) is 0 Å². The highest BCUT2D eigenvalue weighted by molar-refractivity contribution is 5.85. The maximum atomic E-state index is 9.83. The van der Waals surface area contributed by atoms with Gasteiger partial charge in [-0.15, -0.1) is 0 Å². The molecule has 0 atom stereocenters. The van der Waals surface area contributed by atoms with Crippen molar-refractivity contribution in [2.75, 3.05) is 0 Å². The summed E-state index contributed by atoms with van der Waals surface area (Å²) in [6, 6.07) is 0. The fourth-order valence-electron chi connectivity index (χ4n) is 0.151. The van der Waals surface area contributed by atoms with Crippen molar-refractivity contribution in [3.05, 3.63) is 19.6 Å². The summed E-state index contributed by atoms with van der Waals surface area (Å²) in [5.41, 5.74) is 0.264. The van der Waals surface area contributed by atoms with Crippen LogP contribution in [0.1, 0.15) is 13.3 Å². The Morgan fingerprint density at radius 3 is 2.12 bits per heavy atom. The van der Waals surface area contributed by atoms with E-state index in [4.69, 9.17) is 5.11 Å². The van der Waals surface area contributed by atoms with Crippen LogP contribution in [0.3, 0.4) is 0 Å². The van der Waals surface area contributed by atoms with Crippen molar-refractivity contribution in [1.82, 2.24) is 0 Å². The van der Waals surface area contributed by atoms with Gasteiger partial charge >= 0.3 is 5.97 Å². The summed E-state index contributed by atoms with van der Waals surface area (Å²) in [5.74, 6) is -0.900. The third-order valence-electron chi connectivity index (χ3n) is 0.729. The summed E-state index contributed by atoms with van der Waals surface area (Å²) in [5, 5.41) is 8.08. The first-order chi connectivity index (χ1) is 3.18. The molecular weight excluding hydrogens is 104 g/mol. The molecule has 0 aromatic carbocycles. The van der Waals surface area contributed by atoms with Gasteiger partial charge in [-0.05, 0) is 6.42 Å². The second kappa shape index (κ2) is 4.37. The molecule has 0 saturated carbocycles. The molecule has 0 unspecified atom stereocenters. The molecule has 0 saturated heterocycles. The van der Waals surface area contributed by atoms with Gasteiger partial charge < -0.3 is 5.11 Å². The van der Waals surface area contributed by atoms with Crippen molar-refractivity contribution in [1.29, 1.82) is 0 Å². The number of aliphatic carboxylic acids is 1. The topological polar surface area (TPSA) is 37.3 Å². The van der Waals surface area contributed by atoms with Crippen LogP contribution in [0.2, 0.25) is 0 Å². The molecule has 0 rings (SSSR count). The average Bonchev–Trinajstić information content (AvgIpc) is 1.65. The number of hydrogen-bond acceptors (Lipinski definition) is 1. The molecule has 0 aromatic rings. The van der Waals surface area contributed by atoms with Crippen molar-refractivity contribution in [3.8, 4) is 0 Å². The third-order valence-corrected chi connectivity index (χ3v) is 0.729. The second-order valence-electron chi connectivity index (χ2n) is 1.26. The predicted octanol–water partition coefficient (Wildman–Crippen LogP) is 1.49. The quantitative estimate of drug-likeness (QED) is 0.553. The fraction of sp³-hybridized carbons (Fsp3) is 0.333. The molecule has 0 spiro atoms. The molecule has 8 heavy (non-hydrogen) atoms. The zero-order valence-electron chi connectivity index (χ0n) is 5.27. The summed E-state index contributed by atoms with van der Waals surface area (Å²) in [7, 11) is 0. The standard InChI is InChI=1S/C5H8O2.CH3/c1-3-4(2)5(6)7;/h2-3H2,1H3,(H,6,7);1H3. The minimum atomic E-state index is -0.900. The van der Waals surface area contributed by atoms with Crippen LogP contribution < -0.4 is 0 Å². The Labute approximate surface area is 49.8 Å². The predicted molar refractivity (Wildman–Crippen MR) is 33.5 cm³/mol. The highest BCUT2D eigenvalue weighted by Gasteiger charge is 1.96. The van der Waals surface area contributed by atoms with Crippen LogP contribution in [-0.2, 0) is 4.79 Å². The van der Waals surface area contributed by atoms with Gasteiger partial charge in [0.1, 0.15) is 0 Å². The molecule has 1 N–H and O–H groups in total. The van der Waals surface area contributed by atoms with Gasteiger partial charge in [0.2, 0.25) is 0 Å². The van der Waals surface area contributed by atoms with Crippen LogP contribution in [0.5, 0.6) is 0 Å². The SMILES string of the molecule is C=C(CC)C(=O)O.[CH3]. The van der Waals surface area contributed by atoms with Gasteiger partial charge in [0.25, 0.3) is 0 Å². The van der Waals surface area contributed by atoms with Crippen LogP contribution in [0, 0.1) is 7.43 Å². The van der Waals surface area contributed by atoms with Crippen molar-refractivity contribution < 1.29 is 9.90 Å². The number of carboxylic acids is 1.